The second-order valence-corrected chi connectivity index (χ2v) is 2.04. The van der Waals surface area contributed by atoms with Gasteiger partial charge in [-0.25, -0.2) is 0 Å². The highest BCUT2D eigenvalue weighted by molar-refractivity contribution is 7.59. The molecule has 12 heavy (non-hydrogen) atoms. The Morgan fingerprint density at radius 2 is 2.17 bits per heavy atom. The standard InChI is InChI=1S/C8H8O3.H2S/c1-11-7-3-2-6(5-9)8(10)4-7;/h2-5,10H,1H3;1H2. The number of benzene rings is 1. The van der Waals surface area contributed by atoms with Gasteiger partial charge in [0, 0.05) is 6.07 Å². The first-order chi connectivity index (χ1) is 5.27. The predicted octanol–water partition coefficient (Wildman–Crippen LogP) is 1.33. The van der Waals surface area contributed by atoms with Crippen molar-refractivity contribution in [1.82, 2.24) is 0 Å². The zero-order valence-electron chi connectivity index (χ0n) is 6.57. The summed E-state index contributed by atoms with van der Waals surface area (Å²) in [6.45, 7) is 0. The van der Waals surface area contributed by atoms with E-state index >= 15 is 0 Å². The largest absolute Gasteiger partial charge is 0.507 e. The SMILES string of the molecule is COc1ccc(C=O)c(O)c1.S. The van der Waals surface area contributed by atoms with Crippen LogP contribution in [0.15, 0.2) is 18.2 Å². The van der Waals surface area contributed by atoms with Gasteiger partial charge in [0.2, 0.25) is 0 Å². The molecular formula is C8H10O3S. The van der Waals surface area contributed by atoms with Gasteiger partial charge in [-0.3, -0.25) is 4.79 Å². The lowest BCUT2D eigenvalue weighted by molar-refractivity contribution is 0.112. The quantitative estimate of drug-likeness (QED) is 0.709. The summed E-state index contributed by atoms with van der Waals surface area (Å²) >= 11 is 0. The van der Waals surface area contributed by atoms with E-state index in [4.69, 9.17) is 9.84 Å². The van der Waals surface area contributed by atoms with E-state index < -0.39 is 0 Å². The van der Waals surface area contributed by atoms with Gasteiger partial charge >= 0.3 is 0 Å². The van der Waals surface area contributed by atoms with Crippen LogP contribution >= 0.6 is 13.5 Å². The van der Waals surface area contributed by atoms with Crippen molar-refractivity contribution in [2.24, 2.45) is 0 Å². The molecule has 0 radical (unpaired) electrons. The lowest BCUT2D eigenvalue weighted by Crippen LogP contribution is -1.85. The Morgan fingerprint density at radius 1 is 1.50 bits per heavy atom. The fraction of sp³-hybridized carbons (Fsp3) is 0.125. The highest BCUT2D eigenvalue weighted by Gasteiger charge is 1.99. The van der Waals surface area contributed by atoms with Crippen LogP contribution in [0.2, 0.25) is 0 Å². The Hall–Kier alpha value is -1.16. The molecule has 0 atom stereocenters. The molecule has 0 aromatic heterocycles. The van der Waals surface area contributed by atoms with Crippen molar-refractivity contribution in [3.05, 3.63) is 23.8 Å². The normalized spacial score (nSPS) is 8.42. The van der Waals surface area contributed by atoms with Gasteiger partial charge in [-0.05, 0) is 12.1 Å². The highest BCUT2D eigenvalue weighted by Crippen LogP contribution is 2.21. The van der Waals surface area contributed by atoms with Crippen LogP contribution in [0.1, 0.15) is 10.4 Å². The molecular weight excluding hydrogens is 176 g/mol. The minimum absolute atomic E-state index is 0. The van der Waals surface area contributed by atoms with Crippen LogP contribution in [-0.2, 0) is 0 Å². The maximum absolute atomic E-state index is 10.2. The minimum atomic E-state index is -0.0562. The van der Waals surface area contributed by atoms with E-state index in [-0.39, 0.29) is 24.8 Å². The number of aldehydes is 1. The molecule has 0 aliphatic rings. The van der Waals surface area contributed by atoms with Crippen LogP contribution in [0, 0.1) is 0 Å². The lowest BCUT2D eigenvalue weighted by Gasteiger charge is -2.00. The molecule has 0 saturated carbocycles. The first-order valence-corrected chi connectivity index (χ1v) is 3.10. The smallest absolute Gasteiger partial charge is 0.153 e. The Bertz CT molecular complexity index is 273. The Labute approximate surface area is 77.4 Å². The molecule has 1 N–H and O–H groups in total. The number of carbonyl (C=O) groups is 1. The molecule has 0 aliphatic carbocycles. The van der Waals surface area contributed by atoms with Gasteiger partial charge in [-0.15, -0.1) is 0 Å². The molecule has 0 bridgehead atoms. The second kappa shape index (κ2) is 4.66. The molecule has 0 saturated heterocycles. The Morgan fingerprint density at radius 3 is 2.58 bits per heavy atom. The zero-order chi connectivity index (χ0) is 8.27. The maximum atomic E-state index is 10.2. The minimum Gasteiger partial charge on any atom is -0.507 e. The van der Waals surface area contributed by atoms with Crippen LogP contribution in [0.5, 0.6) is 11.5 Å². The molecule has 1 rings (SSSR count). The average Bonchev–Trinajstić information content (AvgIpc) is 2.04. The van der Waals surface area contributed by atoms with Crippen molar-refractivity contribution in [3.8, 4) is 11.5 Å². The third-order valence-electron chi connectivity index (χ3n) is 1.36. The number of aromatic hydroxyl groups is 1. The molecule has 0 aliphatic heterocycles. The molecule has 0 heterocycles. The van der Waals surface area contributed by atoms with Gasteiger partial charge in [0.1, 0.15) is 11.5 Å². The number of phenols is 1. The van der Waals surface area contributed by atoms with Gasteiger partial charge < -0.3 is 9.84 Å². The van der Waals surface area contributed by atoms with Gasteiger partial charge in [0.15, 0.2) is 6.29 Å². The van der Waals surface area contributed by atoms with Gasteiger partial charge in [0.05, 0.1) is 12.7 Å². The summed E-state index contributed by atoms with van der Waals surface area (Å²) in [6, 6.07) is 4.51. The Kier molecular flexibility index (Phi) is 4.21. The number of methoxy groups -OCH3 is 1. The molecule has 0 spiro atoms. The van der Waals surface area contributed by atoms with Gasteiger partial charge in [-0.1, -0.05) is 0 Å². The highest BCUT2D eigenvalue weighted by atomic mass is 32.1. The van der Waals surface area contributed by atoms with Crippen LogP contribution in [0.3, 0.4) is 0 Å². The predicted molar refractivity (Wildman–Crippen MR) is 50.4 cm³/mol. The van der Waals surface area contributed by atoms with Crippen LogP contribution < -0.4 is 4.74 Å². The van der Waals surface area contributed by atoms with Gasteiger partial charge in [-0.2, -0.15) is 13.5 Å². The van der Waals surface area contributed by atoms with E-state index in [9.17, 15) is 4.79 Å². The monoisotopic (exact) mass is 186 g/mol. The molecule has 1 aromatic carbocycles. The van der Waals surface area contributed by atoms with Crippen LogP contribution in [0.25, 0.3) is 0 Å². The molecule has 3 nitrogen and oxygen atoms in total. The fourth-order valence-corrected chi connectivity index (χ4v) is 0.750. The van der Waals surface area contributed by atoms with Crippen molar-refractivity contribution >= 4 is 19.8 Å². The summed E-state index contributed by atoms with van der Waals surface area (Å²) < 4.78 is 4.82. The summed E-state index contributed by atoms with van der Waals surface area (Å²) in [4.78, 5) is 10.2. The number of carbonyl (C=O) groups excluding carboxylic acids is 1. The van der Waals surface area contributed by atoms with Crippen molar-refractivity contribution in [1.29, 1.82) is 0 Å². The third-order valence-corrected chi connectivity index (χ3v) is 1.36. The summed E-state index contributed by atoms with van der Waals surface area (Å²) in [7, 11) is 1.50. The van der Waals surface area contributed by atoms with E-state index in [1.807, 2.05) is 0 Å². The van der Waals surface area contributed by atoms with Crippen molar-refractivity contribution in [3.63, 3.8) is 0 Å². The number of ether oxygens (including phenoxy) is 1. The number of rotatable bonds is 2. The van der Waals surface area contributed by atoms with Crippen molar-refractivity contribution in [2.75, 3.05) is 7.11 Å². The summed E-state index contributed by atoms with van der Waals surface area (Å²) in [6.07, 6.45) is 0.592. The third kappa shape index (κ3) is 2.17. The van der Waals surface area contributed by atoms with E-state index in [0.29, 0.717) is 12.0 Å². The molecule has 66 valence electrons. The molecule has 4 heteroatoms. The number of hydrogen-bond acceptors (Lipinski definition) is 3. The van der Waals surface area contributed by atoms with E-state index in [1.165, 1.54) is 19.2 Å². The second-order valence-electron chi connectivity index (χ2n) is 2.04. The summed E-state index contributed by atoms with van der Waals surface area (Å²) in [5.74, 6) is 0.479. The molecule has 0 unspecified atom stereocenters. The van der Waals surface area contributed by atoms with Crippen LogP contribution in [0.4, 0.5) is 0 Å². The molecule has 0 amide bonds. The fourth-order valence-electron chi connectivity index (χ4n) is 0.750. The average molecular weight is 186 g/mol. The summed E-state index contributed by atoms with van der Waals surface area (Å²) in [5, 5.41) is 9.11. The molecule has 1 aromatic rings. The van der Waals surface area contributed by atoms with Crippen LogP contribution in [-0.4, -0.2) is 18.5 Å². The summed E-state index contributed by atoms with van der Waals surface area (Å²) in [5.41, 5.74) is 0.269. The first kappa shape index (κ1) is 10.8. The number of phenolic OH excluding ortho intramolecular Hbond substituents is 1. The zero-order valence-corrected chi connectivity index (χ0v) is 7.57. The number of hydrogen-bond donors (Lipinski definition) is 1. The van der Waals surface area contributed by atoms with E-state index in [1.54, 1.807) is 6.07 Å². The Balaban J connectivity index is 0.00000121. The van der Waals surface area contributed by atoms with E-state index in [2.05, 4.69) is 0 Å². The first-order valence-electron chi connectivity index (χ1n) is 3.10. The van der Waals surface area contributed by atoms with Gasteiger partial charge in [0.25, 0.3) is 0 Å². The topological polar surface area (TPSA) is 46.5 Å². The maximum Gasteiger partial charge on any atom is 0.153 e. The van der Waals surface area contributed by atoms with Crippen molar-refractivity contribution < 1.29 is 14.6 Å². The lowest BCUT2D eigenvalue weighted by atomic mass is 10.2. The van der Waals surface area contributed by atoms with E-state index in [0.717, 1.165) is 0 Å². The molecule has 0 fully saturated rings. The van der Waals surface area contributed by atoms with Crippen molar-refractivity contribution in [2.45, 2.75) is 0 Å².